The molecule has 15 heavy (non-hydrogen) atoms. The highest BCUT2D eigenvalue weighted by Crippen LogP contribution is 2.16. The molecule has 1 atom stereocenters. The van der Waals surface area contributed by atoms with Gasteiger partial charge in [0.15, 0.2) is 12.1 Å². The van der Waals surface area contributed by atoms with Crippen LogP contribution in [0.5, 0.6) is 5.75 Å². The molecule has 4 heteroatoms. The molecule has 0 spiro atoms. The second-order valence-electron chi connectivity index (χ2n) is 3.39. The number of pyridine rings is 1. The number of nitrogens with zero attached hydrogens (tertiary/aromatic N) is 1. The molecule has 0 saturated carbocycles. The minimum Gasteiger partial charge on any atom is -0.506 e. The van der Waals surface area contributed by atoms with Crippen LogP contribution in [0.25, 0.3) is 0 Å². The zero-order valence-corrected chi connectivity index (χ0v) is 8.73. The third-order valence-corrected chi connectivity index (χ3v) is 2.33. The van der Waals surface area contributed by atoms with Gasteiger partial charge in [0.05, 0.1) is 0 Å². The summed E-state index contributed by atoms with van der Waals surface area (Å²) in [6.45, 7) is 3.71. The molecule has 1 rings (SSSR count). The third-order valence-electron chi connectivity index (χ3n) is 2.33. The van der Waals surface area contributed by atoms with Gasteiger partial charge < -0.3 is 5.11 Å². The Bertz CT molecular complexity index is 387. The predicted octanol–water partition coefficient (Wildman–Crippen LogP) is 1.83. The minimum absolute atomic E-state index is 0.0934. The molecule has 0 fully saturated rings. The first-order valence-corrected chi connectivity index (χ1v) is 4.79. The van der Waals surface area contributed by atoms with E-state index >= 15 is 0 Å². The molecule has 0 aliphatic rings. The Kier molecular flexibility index (Phi) is 3.55. The van der Waals surface area contributed by atoms with Crippen molar-refractivity contribution in [2.45, 2.75) is 20.3 Å². The molecular formula is C11H13NO3. The second-order valence-corrected chi connectivity index (χ2v) is 3.39. The Hall–Kier alpha value is -1.71. The van der Waals surface area contributed by atoms with Crippen molar-refractivity contribution in [3.8, 4) is 5.75 Å². The van der Waals surface area contributed by atoms with Crippen LogP contribution >= 0.6 is 0 Å². The highest BCUT2D eigenvalue weighted by atomic mass is 16.3. The quantitative estimate of drug-likeness (QED) is 0.604. The number of carbonyl (C=O) groups excluding carboxylic acids is 2. The van der Waals surface area contributed by atoms with Gasteiger partial charge in [0, 0.05) is 5.92 Å². The number of carbonyl (C=O) groups is 2. The molecule has 1 aromatic heterocycles. The summed E-state index contributed by atoms with van der Waals surface area (Å²) < 4.78 is 0. The van der Waals surface area contributed by atoms with E-state index in [1.54, 1.807) is 6.92 Å². The molecular weight excluding hydrogens is 194 g/mol. The van der Waals surface area contributed by atoms with Crippen molar-refractivity contribution in [1.29, 1.82) is 0 Å². The fourth-order valence-corrected chi connectivity index (χ4v) is 1.13. The lowest BCUT2D eigenvalue weighted by Gasteiger charge is -2.07. The highest BCUT2D eigenvalue weighted by molar-refractivity contribution is 5.96. The molecule has 80 valence electrons. The summed E-state index contributed by atoms with van der Waals surface area (Å²) in [7, 11) is 0. The Morgan fingerprint density at radius 3 is 2.80 bits per heavy atom. The zero-order chi connectivity index (χ0) is 11.4. The monoisotopic (exact) mass is 207 g/mol. The maximum Gasteiger partial charge on any atom is 0.183 e. The number of aldehydes is 1. The highest BCUT2D eigenvalue weighted by Gasteiger charge is 2.16. The molecule has 0 radical (unpaired) electrons. The SMILES string of the molecule is CCC(C)C(=O)c1ccc(O)c(C=O)n1. The Morgan fingerprint density at radius 2 is 2.27 bits per heavy atom. The molecule has 1 aromatic rings. The van der Waals surface area contributed by atoms with Crippen LogP contribution in [0.15, 0.2) is 12.1 Å². The summed E-state index contributed by atoms with van der Waals surface area (Å²) in [5.74, 6) is -0.437. The van der Waals surface area contributed by atoms with Crippen LogP contribution < -0.4 is 0 Å². The van der Waals surface area contributed by atoms with Crippen LogP contribution in [0.2, 0.25) is 0 Å². The number of Topliss-reactive ketones (excluding diaryl/α,β-unsaturated/α-hetero) is 1. The predicted molar refractivity (Wildman–Crippen MR) is 55.1 cm³/mol. The summed E-state index contributed by atoms with van der Waals surface area (Å²) in [4.78, 5) is 26.0. The van der Waals surface area contributed by atoms with E-state index in [2.05, 4.69) is 4.98 Å². The van der Waals surface area contributed by atoms with Gasteiger partial charge in [-0.2, -0.15) is 0 Å². The maximum atomic E-state index is 11.7. The largest absolute Gasteiger partial charge is 0.506 e. The number of rotatable bonds is 4. The topological polar surface area (TPSA) is 67.3 Å². The van der Waals surface area contributed by atoms with Crippen LogP contribution in [0, 0.1) is 5.92 Å². The first-order chi connectivity index (χ1) is 7.10. The summed E-state index contributed by atoms with van der Waals surface area (Å²) in [6.07, 6.45) is 1.15. The lowest BCUT2D eigenvalue weighted by molar-refractivity contribution is 0.0922. The summed E-state index contributed by atoms with van der Waals surface area (Å²) in [5.41, 5.74) is 0.133. The van der Waals surface area contributed by atoms with E-state index in [-0.39, 0.29) is 28.8 Å². The van der Waals surface area contributed by atoms with Gasteiger partial charge in [-0.15, -0.1) is 0 Å². The van der Waals surface area contributed by atoms with Gasteiger partial charge in [-0.25, -0.2) is 4.98 Å². The smallest absolute Gasteiger partial charge is 0.183 e. The standard InChI is InChI=1S/C11H13NO3/c1-3-7(2)11(15)8-4-5-10(14)9(6-13)12-8/h4-7,14H,3H2,1-2H3. The summed E-state index contributed by atoms with van der Waals surface area (Å²) in [5, 5.41) is 9.21. The average Bonchev–Trinajstić information content (AvgIpc) is 2.27. The van der Waals surface area contributed by atoms with Crippen LogP contribution in [0.4, 0.5) is 0 Å². The van der Waals surface area contributed by atoms with Gasteiger partial charge >= 0.3 is 0 Å². The lowest BCUT2D eigenvalue weighted by Crippen LogP contribution is -2.12. The van der Waals surface area contributed by atoms with Crippen LogP contribution in [0.1, 0.15) is 41.2 Å². The van der Waals surface area contributed by atoms with Crippen molar-refractivity contribution >= 4 is 12.1 Å². The van der Waals surface area contributed by atoms with E-state index in [0.29, 0.717) is 6.29 Å². The number of aromatic nitrogens is 1. The third kappa shape index (κ3) is 2.40. The van der Waals surface area contributed by atoms with Gasteiger partial charge in [0.1, 0.15) is 17.1 Å². The van der Waals surface area contributed by atoms with Crippen molar-refractivity contribution in [3.05, 3.63) is 23.5 Å². The van der Waals surface area contributed by atoms with Gasteiger partial charge in [0.2, 0.25) is 0 Å². The molecule has 4 nitrogen and oxygen atoms in total. The zero-order valence-electron chi connectivity index (χ0n) is 8.73. The van der Waals surface area contributed by atoms with E-state index < -0.39 is 0 Å². The van der Waals surface area contributed by atoms with E-state index in [1.165, 1.54) is 12.1 Å². The fraction of sp³-hybridized carbons (Fsp3) is 0.364. The first-order valence-electron chi connectivity index (χ1n) is 4.79. The van der Waals surface area contributed by atoms with Crippen LogP contribution in [0.3, 0.4) is 0 Å². The lowest BCUT2D eigenvalue weighted by atomic mass is 10.0. The summed E-state index contributed by atoms with van der Waals surface area (Å²) in [6, 6.07) is 2.74. The van der Waals surface area contributed by atoms with E-state index in [1.807, 2.05) is 6.92 Å². The molecule has 1 N–H and O–H groups in total. The van der Waals surface area contributed by atoms with Crippen molar-refractivity contribution in [3.63, 3.8) is 0 Å². The van der Waals surface area contributed by atoms with Crippen LogP contribution in [-0.4, -0.2) is 22.2 Å². The normalized spacial score (nSPS) is 12.1. The molecule has 1 unspecified atom stereocenters. The van der Waals surface area contributed by atoms with Gasteiger partial charge in [-0.05, 0) is 18.6 Å². The molecule has 0 bridgehead atoms. The Balaban J connectivity index is 3.06. The fourth-order valence-electron chi connectivity index (χ4n) is 1.13. The van der Waals surface area contributed by atoms with Crippen molar-refractivity contribution < 1.29 is 14.7 Å². The maximum absolute atomic E-state index is 11.7. The van der Waals surface area contributed by atoms with Gasteiger partial charge in [-0.3, -0.25) is 9.59 Å². The molecule has 1 heterocycles. The van der Waals surface area contributed by atoms with Crippen molar-refractivity contribution in [2.24, 2.45) is 5.92 Å². The second kappa shape index (κ2) is 4.68. The molecule has 0 aliphatic carbocycles. The van der Waals surface area contributed by atoms with Gasteiger partial charge in [0.25, 0.3) is 0 Å². The average molecular weight is 207 g/mol. The summed E-state index contributed by atoms with van der Waals surface area (Å²) >= 11 is 0. The number of ketones is 1. The number of aromatic hydroxyl groups is 1. The first kappa shape index (κ1) is 11.4. The van der Waals surface area contributed by atoms with E-state index in [0.717, 1.165) is 6.42 Å². The molecule has 0 aromatic carbocycles. The Morgan fingerprint density at radius 1 is 1.60 bits per heavy atom. The van der Waals surface area contributed by atoms with Crippen molar-refractivity contribution in [2.75, 3.05) is 0 Å². The van der Waals surface area contributed by atoms with E-state index in [4.69, 9.17) is 0 Å². The number of hydrogen-bond acceptors (Lipinski definition) is 4. The van der Waals surface area contributed by atoms with E-state index in [9.17, 15) is 14.7 Å². The molecule has 0 aliphatic heterocycles. The minimum atomic E-state index is -0.203. The number of hydrogen-bond donors (Lipinski definition) is 1. The van der Waals surface area contributed by atoms with Crippen LogP contribution in [-0.2, 0) is 0 Å². The molecule has 0 saturated heterocycles. The molecule has 0 amide bonds. The van der Waals surface area contributed by atoms with Crippen molar-refractivity contribution in [1.82, 2.24) is 4.98 Å². The Labute approximate surface area is 88.0 Å². The van der Waals surface area contributed by atoms with Gasteiger partial charge in [-0.1, -0.05) is 13.8 Å².